The zero-order valence-electron chi connectivity index (χ0n) is 15.1. The van der Waals surface area contributed by atoms with Crippen molar-refractivity contribution < 1.29 is 9.53 Å². The molecule has 7 heteroatoms. The minimum absolute atomic E-state index is 0. The SMILES string of the molecule is CC1C(=O)N(c2ccccc2)C(=S)N1c1ccc(N2CCOCC2)cc1.Cl. The van der Waals surface area contributed by atoms with Gasteiger partial charge < -0.3 is 14.5 Å². The highest BCUT2D eigenvalue weighted by atomic mass is 35.5. The van der Waals surface area contributed by atoms with Crippen molar-refractivity contribution in [1.82, 2.24) is 0 Å². The molecule has 2 saturated heterocycles. The molecular weight excluding hydrogens is 382 g/mol. The van der Waals surface area contributed by atoms with Crippen molar-refractivity contribution in [3.8, 4) is 0 Å². The van der Waals surface area contributed by atoms with Gasteiger partial charge in [-0.05, 0) is 55.5 Å². The first-order chi connectivity index (χ1) is 12.7. The number of halogens is 1. The zero-order valence-corrected chi connectivity index (χ0v) is 16.7. The van der Waals surface area contributed by atoms with Gasteiger partial charge in [-0.3, -0.25) is 9.69 Å². The lowest BCUT2D eigenvalue weighted by molar-refractivity contribution is -0.117. The Labute approximate surface area is 170 Å². The smallest absolute Gasteiger partial charge is 0.256 e. The standard InChI is InChI=1S/C20H21N3O2S.ClH/c1-15-19(24)23(17-5-3-2-4-6-17)20(26)22(15)18-9-7-16(8-10-18)21-11-13-25-14-12-21;/h2-10,15H,11-14H2,1H3;1H. The van der Waals surface area contributed by atoms with Gasteiger partial charge in [-0.25, -0.2) is 0 Å². The lowest BCUT2D eigenvalue weighted by atomic mass is 10.2. The number of amides is 1. The van der Waals surface area contributed by atoms with E-state index in [2.05, 4.69) is 17.0 Å². The van der Waals surface area contributed by atoms with Crippen molar-refractivity contribution in [1.29, 1.82) is 0 Å². The maximum Gasteiger partial charge on any atom is 0.256 e. The van der Waals surface area contributed by atoms with Gasteiger partial charge in [0.2, 0.25) is 0 Å². The van der Waals surface area contributed by atoms with Crippen molar-refractivity contribution >= 4 is 52.7 Å². The molecule has 0 N–H and O–H groups in total. The van der Waals surface area contributed by atoms with E-state index in [9.17, 15) is 4.79 Å². The van der Waals surface area contributed by atoms with Crippen LogP contribution in [-0.2, 0) is 9.53 Å². The Kier molecular flexibility index (Phi) is 5.99. The average molecular weight is 404 g/mol. The van der Waals surface area contributed by atoms with E-state index < -0.39 is 0 Å². The summed E-state index contributed by atoms with van der Waals surface area (Å²) in [5, 5.41) is 0.521. The van der Waals surface area contributed by atoms with Crippen LogP contribution in [0.2, 0.25) is 0 Å². The number of anilines is 3. The van der Waals surface area contributed by atoms with E-state index >= 15 is 0 Å². The molecule has 2 aromatic rings. The third kappa shape index (κ3) is 3.65. The van der Waals surface area contributed by atoms with Gasteiger partial charge in [0.25, 0.3) is 5.91 Å². The number of morpholine rings is 1. The van der Waals surface area contributed by atoms with Crippen molar-refractivity contribution in [2.75, 3.05) is 41.0 Å². The van der Waals surface area contributed by atoms with E-state index in [1.165, 1.54) is 5.69 Å². The first-order valence-corrected chi connectivity index (χ1v) is 9.22. The van der Waals surface area contributed by atoms with Crippen LogP contribution in [0.5, 0.6) is 0 Å². The number of benzene rings is 2. The maximum atomic E-state index is 12.8. The average Bonchev–Trinajstić information content (AvgIpc) is 2.92. The summed E-state index contributed by atoms with van der Waals surface area (Å²) < 4.78 is 5.41. The van der Waals surface area contributed by atoms with Crippen LogP contribution in [0.15, 0.2) is 54.6 Å². The van der Waals surface area contributed by atoms with Crippen LogP contribution in [0, 0.1) is 0 Å². The summed E-state index contributed by atoms with van der Waals surface area (Å²) in [6, 6.07) is 17.5. The number of hydrogen-bond acceptors (Lipinski definition) is 4. The molecule has 4 rings (SSSR count). The highest BCUT2D eigenvalue weighted by molar-refractivity contribution is 7.81. The van der Waals surface area contributed by atoms with Gasteiger partial charge in [0.1, 0.15) is 6.04 Å². The molecule has 0 aliphatic carbocycles. The largest absolute Gasteiger partial charge is 0.378 e. The van der Waals surface area contributed by atoms with Crippen molar-refractivity contribution in [2.24, 2.45) is 0 Å². The summed E-state index contributed by atoms with van der Waals surface area (Å²) in [6.07, 6.45) is 0. The van der Waals surface area contributed by atoms with Crippen molar-refractivity contribution in [3.05, 3.63) is 54.6 Å². The van der Waals surface area contributed by atoms with Gasteiger partial charge in [0.05, 0.1) is 18.9 Å². The molecule has 0 saturated carbocycles. The fourth-order valence-corrected chi connectivity index (χ4v) is 3.92. The summed E-state index contributed by atoms with van der Waals surface area (Å²) in [6.45, 7) is 5.22. The van der Waals surface area contributed by atoms with Gasteiger partial charge in [0.15, 0.2) is 5.11 Å². The molecule has 27 heavy (non-hydrogen) atoms. The molecule has 1 atom stereocenters. The number of hydrogen-bond donors (Lipinski definition) is 0. The summed E-state index contributed by atoms with van der Waals surface area (Å²) >= 11 is 5.64. The molecule has 142 valence electrons. The zero-order chi connectivity index (χ0) is 18.1. The van der Waals surface area contributed by atoms with Gasteiger partial charge in [-0.1, -0.05) is 18.2 Å². The molecule has 1 unspecified atom stereocenters. The highest BCUT2D eigenvalue weighted by Crippen LogP contribution is 2.31. The van der Waals surface area contributed by atoms with Crippen molar-refractivity contribution in [2.45, 2.75) is 13.0 Å². The first kappa shape index (κ1) is 19.6. The lowest BCUT2D eigenvalue weighted by Crippen LogP contribution is -2.36. The van der Waals surface area contributed by atoms with Gasteiger partial charge in [-0.2, -0.15) is 0 Å². The fourth-order valence-electron chi connectivity index (χ4n) is 3.46. The van der Waals surface area contributed by atoms with Crippen LogP contribution in [0.4, 0.5) is 17.1 Å². The number of rotatable bonds is 3. The Bertz CT molecular complexity index is 810. The number of para-hydroxylation sites is 1. The molecule has 5 nitrogen and oxygen atoms in total. The van der Waals surface area contributed by atoms with E-state index in [1.54, 1.807) is 4.90 Å². The molecule has 0 aromatic heterocycles. The minimum Gasteiger partial charge on any atom is -0.378 e. The van der Waals surface area contributed by atoms with E-state index in [4.69, 9.17) is 17.0 Å². The third-order valence-corrected chi connectivity index (χ3v) is 5.26. The van der Waals surface area contributed by atoms with E-state index in [0.29, 0.717) is 5.11 Å². The molecular formula is C20H22ClN3O2S. The van der Waals surface area contributed by atoms with Crippen LogP contribution < -0.4 is 14.7 Å². The summed E-state index contributed by atoms with van der Waals surface area (Å²) in [5.41, 5.74) is 2.91. The number of carbonyl (C=O) groups excluding carboxylic acids is 1. The molecule has 0 radical (unpaired) electrons. The fraction of sp³-hybridized carbons (Fsp3) is 0.300. The highest BCUT2D eigenvalue weighted by Gasteiger charge is 2.41. The normalized spacial score (nSPS) is 20.0. The molecule has 2 fully saturated rings. The minimum atomic E-state index is -0.322. The first-order valence-electron chi connectivity index (χ1n) is 8.82. The molecule has 2 aliphatic heterocycles. The molecule has 2 aromatic carbocycles. The third-order valence-electron chi connectivity index (χ3n) is 4.88. The Morgan fingerprint density at radius 2 is 1.52 bits per heavy atom. The quantitative estimate of drug-likeness (QED) is 0.733. The topological polar surface area (TPSA) is 36.0 Å². The van der Waals surface area contributed by atoms with E-state index in [0.717, 1.165) is 37.7 Å². The van der Waals surface area contributed by atoms with Crippen molar-refractivity contribution in [3.63, 3.8) is 0 Å². The predicted octanol–water partition coefficient (Wildman–Crippen LogP) is 3.47. The second-order valence-corrected chi connectivity index (χ2v) is 6.82. The van der Waals surface area contributed by atoms with Crippen LogP contribution in [0.3, 0.4) is 0 Å². The maximum absolute atomic E-state index is 12.8. The Morgan fingerprint density at radius 1 is 0.926 bits per heavy atom. The summed E-state index contributed by atoms with van der Waals surface area (Å²) in [7, 11) is 0. The monoisotopic (exact) mass is 403 g/mol. The number of thiocarbonyl (C=S) groups is 1. The second-order valence-electron chi connectivity index (χ2n) is 6.45. The van der Waals surface area contributed by atoms with Crippen LogP contribution in [0.1, 0.15) is 6.92 Å². The molecule has 0 bridgehead atoms. The Hall–Kier alpha value is -2.15. The number of carbonyl (C=O) groups is 1. The molecule has 1 amide bonds. The number of ether oxygens (including phenoxy) is 1. The Balaban J connectivity index is 0.00000210. The summed E-state index contributed by atoms with van der Waals surface area (Å²) in [5.74, 6) is -0.00143. The molecule has 0 spiro atoms. The molecule has 2 heterocycles. The van der Waals surface area contributed by atoms with Gasteiger partial charge in [-0.15, -0.1) is 12.4 Å². The molecule has 2 aliphatic rings. The van der Waals surface area contributed by atoms with Crippen LogP contribution >= 0.6 is 24.6 Å². The van der Waals surface area contributed by atoms with E-state index in [1.807, 2.05) is 54.3 Å². The van der Waals surface area contributed by atoms with Crippen LogP contribution in [0.25, 0.3) is 0 Å². The van der Waals surface area contributed by atoms with Crippen LogP contribution in [-0.4, -0.2) is 43.4 Å². The van der Waals surface area contributed by atoms with Gasteiger partial charge >= 0.3 is 0 Å². The summed E-state index contributed by atoms with van der Waals surface area (Å²) in [4.78, 5) is 18.6. The predicted molar refractivity (Wildman–Crippen MR) is 115 cm³/mol. The lowest BCUT2D eigenvalue weighted by Gasteiger charge is -2.29. The number of nitrogens with zero attached hydrogens (tertiary/aromatic N) is 3. The van der Waals surface area contributed by atoms with Gasteiger partial charge in [0, 0.05) is 24.5 Å². The second kappa shape index (κ2) is 8.25. The van der Waals surface area contributed by atoms with E-state index in [-0.39, 0.29) is 24.4 Å². The Morgan fingerprint density at radius 3 is 2.15 bits per heavy atom.